The lowest BCUT2D eigenvalue weighted by Crippen LogP contribution is -2.31. The van der Waals surface area contributed by atoms with Crippen molar-refractivity contribution in [1.29, 1.82) is 0 Å². The number of aromatic carboxylic acids is 1. The van der Waals surface area contributed by atoms with Crippen LogP contribution < -0.4 is 5.32 Å². The summed E-state index contributed by atoms with van der Waals surface area (Å²) < 4.78 is 0.407. The minimum Gasteiger partial charge on any atom is -0.478 e. The Hall–Kier alpha value is -3.23. The van der Waals surface area contributed by atoms with Crippen molar-refractivity contribution in [2.45, 2.75) is 13.3 Å². The van der Waals surface area contributed by atoms with E-state index in [1.807, 2.05) is 43.3 Å². The SMILES string of the molecule is CC(=C\c1ccccc1)/C=C1/SC(=S)N(CCC(=O)Nc2cccc(C(=O)O)c2)C1=O. The highest BCUT2D eigenvalue weighted by Gasteiger charge is 2.32. The van der Waals surface area contributed by atoms with Gasteiger partial charge in [-0.1, -0.05) is 66.5 Å². The number of thioether (sulfide) groups is 1. The van der Waals surface area contributed by atoms with Crippen molar-refractivity contribution in [3.63, 3.8) is 0 Å². The van der Waals surface area contributed by atoms with Crippen LogP contribution in [-0.4, -0.2) is 38.7 Å². The standard InChI is InChI=1S/C23H20N2O4S2/c1-15(12-16-6-3-2-4-7-16)13-19-21(27)25(23(30)31-19)11-10-20(26)24-18-9-5-8-17(14-18)22(28)29/h2-9,12-14H,10-11H2,1H3,(H,24,26)(H,28,29)/b15-12+,19-13+. The van der Waals surface area contributed by atoms with Crippen LogP contribution >= 0.6 is 24.0 Å². The summed E-state index contributed by atoms with van der Waals surface area (Å²) in [6.07, 6.45) is 3.81. The van der Waals surface area contributed by atoms with Gasteiger partial charge in [0.05, 0.1) is 10.5 Å². The van der Waals surface area contributed by atoms with Crippen LogP contribution in [0.1, 0.15) is 29.3 Å². The van der Waals surface area contributed by atoms with Crippen LogP contribution in [-0.2, 0) is 9.59 Å². The molecule has 8 heteroatoms. The Labute approximate surface area is 189 Å². The molecule has 2 N–H and O–H groups in total. The predicted octanol–water partition coefficient (Wildman–Crippen LogP) is 4.56. The summed E-state index contributed by atoms with van der Waals surface area (Å²) in [6, 6.07) is 15.8. The summed E-state index contributed by atoms with van der Waals surface area (Å²) in [7, 11) is 0. The zero-order valence-corrected chi connectivity index (χ0v) is 18.3. The fourth-order valence-electron chi connectivity index (χ4n) is 2.92. The number of carboxylic acid groups (broad SMARTS) is 1. The van der Waals surface area contributed by atoms with E-state index >= 15 is 0 Å². The number of allylic oxidation sites excluding steroid dienone is 2. The van der Waals surface area contributed by atoms with Gasteiger partial charge in [0.15, 0.2) is 0 Å². The van der Waals surface area contributed by atoms with Crippen molar-refractivity contribution < 1.29 is 19.5 Å². The lowest BCUT2D eigenvalue weighted by Gasteiger charge is -2.14. The van der Waals surface area contributed by atoms with Crippen LogP contribution in [0.15, 0.2) is 71.2 Å². The van der Waals surface area contributed by atoms with Gasteiger partial charge in [-0.15, -0.1) is 0 Å². The number of benzene rings is 2. The van der Waals surface area contributed by atoms with Gasteiger partial charge in [0.2, 0.25) is 5.91 Å². The Kier molecular flexibility index (Phi) is 7.38. The Morgan fingerprint density at radius 1 is 1.16 bits per heavy atom. The first-order chi connectivity index (χ1) is 14.8. The van der Waals surface area contributed by atoms with E-state index < -0.39 is 5.97 Å². The van der Waals surface area contributed by atoms with Crippen LogP contribution in [0.5, 0.6) is 0 Å². The third-order valence-corrected chi connectivity index (χ3v) is 5.76. The number of rotatable bonds is 7. The van der Waals surface area contributed by atoms with Gasteiger partial charge in [-0.3, -0.25) is 14.5 Å². The van der Waals surface area contributed by atoms with E-state index in [1.54, 1.807) is 18.2 Å². The maximum absolute atomic E-state index is 12.7. The van der Waals surface area contributed by atoms with E-state index in [9.17, 15) is 14.4 Å². The molecule has 2 aromatic carbocycles. The Morgan fingerprint density at radius 3 is 2.61 bits per heavy atom. The topological polar surface area (TPSA) is 86.7 Å². The molecule has 31 heavy (non-hydrogen) atoms. The highest BCUT2D eigenvalue weighted by atomic mass is 32.2. The highest BCUT2D eigenvalue weighted by Crippen LogP contribution is 2.32. The number of hydrogen-bond donors (Lipinski definition) is 2. The van der Waals surface area contributed by atoms with Gasteiger partial charge >= 0.3 is 5.97 Å². The van der Waals surface area contributed by atoms with Crippen LogP contribution in [0.3, 0.4) is 0 Å². The Balaban J connectivity index is 1.60. The number of nitrogens with zero attached hydrogens (tertiary/aromatic N) is 1. The number of anilines is 1. The van der Waals surface area contributed by atoms with Crippen LogP contribution in [0.25, 0.3) is 6.08 Å². The molecule has 1 saturated heterocycles. The molecule has 0 aromatic heterocycles. The fraction of sp³-hybridized carbons (Fsp3) is 0.130. The third kappa shape index (κ3) is 6.13. The van der Waals surface area contributed by atoms with E-state index in [0.29, 0.717) is 14.9 Å². The molecule has 0 radical (unpaired) electrons. The van der Waals surface area contributed by atoms with Gasteiger partial charge < -0.3 is 10.4 Å². The number of carbonyl (C=O) groups excluding carboxylic acids is 2. The molecule has 2 amide bonds. The molecule has 2 aromatic rings. The predicted molar refractivity (Wildman–Crippen MR) is 127 cm³/mol. The number of carbonyl (C=O) groups is 3. The Morgan fingerprint density at radius 2 is 1.90 bits per heavy atom. The van der Waals surface area contributed by atoms with E-state index in [-0.39, 0.29) is 30.3 Å². The molecule has 1 heterocycles. The maximum atomic E-state index is 12.7. The molecule has 0 bridgehead atoms. The first-order valence-corrected chi connectivity index (χ1v) is 10.7. The second kappa shape index (κ2) is 10.2. The molecule has 0 aliphatic carbocycles. The summed E-state index contributed by atoms with van der Waals surface area (Å²) in [5.41, 5.74) is 2.42. The van der Waals surface area contributed by atoms with Crippen molar-refractivity contribution in [2.24, 2.45) is 0 Å². The second-order valence-corrected chi connectivity index (χ2v) is 8.49. The number of carboxylic acids is 1. The van der Waals surface area contributed by atoms with Gasteiger partial charge in [0, 0.05) is 18.7 Å². The molecule has 1 aliphatic heterocycles. The van der Waals surface area contributed by atoms with Crippen molar-refractivity contribution >= 4 is 57.8 Å². The zero-order chi connectivity index (χ0) is 22.4. The highest BCUT2D eigenvalue weighted by molar-refractivity contribution is 8.26. The van der Waals surface area contributed by atoms with E-state index in [4.69, 9.17) is 17.3 Å². The molecule has 0 unspecified atom stereocenters. The molecule has 0 spiro atoms. The van der Waals surface area contributed by atoms with Crippen molar-refractivity contribution in [3.8, 4) is 0 Å². The number of nitrogens with one attached hydrogen (secondary N) is 1. The molecule has 1 aliphatic rings. The molecule has 3 rings (SSSR count). The summed E-state index contributed by atoms with van der Waals surface area (Å²) in [5.74, 6) is -1.63. The molecule has 0 atom stereocenters. The summed E-state index contributed by atoms with van der Waals surface area (Å²) in [5, 5.41) is 11.7. The summed E-state index contributed by atoms with van der Waals surface area (Å²) in [6.45, 7) is 2.06. The van der Waals surface area contributed by atoms with Crippen LogP contribution in [0.4, 0.5) is 5.69 Å². The van der Waals surface area contributed by atoms with E-state index in [1.165, 1.54) is 28.8 Å². The quantitative estimate of drug-likeness (QED) is 0.473. The van der Waals surface area contributed by atoms with E-state index in [2.05, 4.69) is 5.32 Å². The number of thiocarbonyl (C=S) groups is 1. The van der Waals surface area contributed by atoms with Crippen molar-refractivity contribution in [3.05, 3.63) is 82.3 Å². The molecular formula is C23H20N2O4S2. The van der Waals surface area contributed by atoms with Gasteiger partial charge in [0.1, 0.15) is 4.32 Å². The molecule has 1 fully saturated rings. The van der Waals surface area contributed by atoms with Crippen LogP contribution in [0, 0.1) is 0 Å². The first kappa shape index (κ1) is 22.5. The van der Waals surface area contributed by atoms with E-state index in [0.717, 1.165) is 11.1 Å². The minimum atomic E-state index is -1.07. The van der Waals surface area contributed by atoms with Crippen molar-refractivity contribution in [1.82, 2.24) is 4.90 Å². The molecule has 0 saturated carbocycles. The average molecular weight is 453 g/mol. The third-order valence-electron chi connectivity index (χ3n) is 4.38. The monoisotopic (exact) mass is 452 g/mol. The van der Waals surface area contributed by atoms with Gasteiger partial charge in [-0.25, -0.2) is 4.79 Å². The van der Waals surface area contributed by atoms with Crippen molar-refractivity contribution in [2.75, 3.05) is 11.9 Å². The van der Waals surface area contributed by atoms with Crippen LogP contribution in [0.2, 0.25) is 0 Å². The summed E-state index contributed by atoms with van der Waals surface area (Å²) >= 11 is 6.53. The van der Waals surface area contributed by atoms with Gasteiger partial charge in [-0.2, -0.15) is 0 Å². The summed E-state index contributed by atoms with van der Waals surface area (Å²) in [4.78, 5) is 37.9. The number of amides is 2. The number of hydrogen-bond acceptors (Lipinski definition) is 5. The lowest BCUT2D eigenvalue weighted by molar-refractivity contribution is -0.122. The molecule has 158 valence electrons. The average Bonchev–Trinajstić information content (AvgIpc) is 2.99. The maximum Gasteiger partial charge on any atom is 0.335 e. The molecular weight excluding hydrogens is 432 g/mol. The Bertz CT molecular complexity index is 1090. The van der Waals surface area contributed by atoms with Gasteiger partial charge in [0.25, 0.3) is 5.91 Å². The first-order valence-electron chi connectivity index (χ1n) is 9.45. The fourth-order valence-corrected chi connectivity index (χ4v) is 4.28. The molecule has 6 nitrogen and oxygen atoms in total. The smallest absolute Gasteiger partial charge is 0.335 e. The zero-order valence-electron chi connectivity index (χ0n) is 16.7. The largest absolute Gasteiger partial charge is 0.478 e. The second-order valence-electron chi connectivity index (χ2n) is 6.82. The normalized spacial score (nSPS) is 15.5. The van der Waals surface area contributed by atoms with Gasteiger partial charge in [-0.05, 0) is 42.3 Å². The minimum absolute atomic E-state index is 0.0376. The lowest BCUT2D eigenvalue weighted by atomic mass is 10.1.